The van der Waals surface area contributed by atoms with Gasteiger partial charge in [0.1, 0.15) is 5.52 Å². The third kappa shape index (κ3) is 4.67. The van der Waals surface area contributed by atoms with E-state index in [-0.39, 0.29) is 10.9 Å². The van der Waals surface area contributed by atoms with Crippen molar-refractivity contribution in [2.45, 2.75) is 24.7 Å². The number of carbonyl (C=O) groups is 1. The summed E-state index contributed by atoms with van der Waals surface area (Å²) in [6.45, 7) is 4.01. The topological polar surface area (TPSA) is 126 Å². The van der Waals surface area contributed by atoms with Crippen molar-refractivity contribution in [3.8, 4) is 0 Å². The van der Waals surface area contributed by atoms with Crippen molar-refractivity contribution in [3.05, 3.63) is 18.2 Å². The first-order valence-corrected chi connectivity index (χ1v) is 10.2. The molecule has 1 aliphatic heterocycles. The lowest BCUT2D eigenvalue weighted by molar-refractivity contribution is 0.0730. The molecule has 2 amide bonds. The van der Waals surface area contributed by atoms with Crippen LogP contribution in [0.1, 0.15) is 19.8 Å². The molecule has 1 aliphatic rings. The van der Waals surface area contributed by atoms with Crippen LogP contribution in [-0.4, -0.2) is 56.6 Å². The third-order valence-corrected chi connectivity index (χ3v) is 5.96. The van der Waals surface area contributed by atoms with Crippen LogP contribution in [-0.2, 0) is 14.8 Å². The van der Waals surface area contributed by atoms with Crippen LogP contribution in [0.15, 0.2) is 27.5 Å². The summed E-state index contributed by atoms with van der Waals surface area (Å²) in [7, 11) is -3.61. The number of amides is 2. The lowest BCUT2D eigenvalue weighted by atomic mass is 10.3. The molecule has 11 heteroatoms. The number of fused-ring (bicyclic) bond motifs is 1. The summed E-state index contributed by atoms with van der Waals surface area (Å²) in [4.78, 5) is 15.9. The zero-order valence-electron chi connectivity index (χ0n) is 15.0. The van der Waals surface area contributed by atoms with E-state index in [1.54, 1.807) is 6.07 Å². The zero-order valence-corrected chi connectivity index (χ0v) is 15.8. The van der Waals surface area contributed by atoms with Crippen LogP contribution in [0.2, 0.25) is 0 Å². The van der Waals surface area contributed by atoms with E-state index >= 15 is 0 Å². The number of benzene rings is 1. The molecule has 3 rings (SSSR count). The molecule has 0 bridgehead atoms. The molecule has 27 heavy (non-hydrogen) atoms. The van der Waals surface area contributed by atoms with Crippen molar-refractivity contribution in [2.75, 3.05) is 38.3 Å². The average molecular weight is 397 g/mol. The number of hydrazine groups is 1. The van der Waals surface area contributed by atoms with Crippen molar-refractivity contribution in [2.24, 2.45) is 0 Å². The van der Waals surface area contributed by atoms with Gasteiger partial charge in [0.25, 0.3) is 0 Å². The van der Waals surface area contributed by atoms with E-state index in [0.717, 1.165) is 12.8 Å². The standard InChI is InChI=1S/C16H23N5O5S/c1-2-3-6-17-15(22)19-20-16-18-13-11-12(4-5-14(13)26-16)27(23,24)21-7-9-25-10-8-21/h4-5,11H,2-3,6-10H2,1H3,(H,18,20)(H2,17,19,22). The Bertz CT molecular complexity index is 892. The van der Waals surface area contributed by atoms with E-state index in [0.29, 0.717) is 43.9 Å². The van der Waals surface area contributed by atoms with Crippen molar-refractivity contribution >= 4 is 33.2 Å². The van der Waals surface area contributed by atoms with E-state index in [2.05, 4.69) is 21.2 Å². The maximum absolute atomic E-state index is 12.7. The van der Waals surface area contributed by atoms with Crippen LogP contribution in [0.25, 0.3) is 11.1 Å². The number of unbranched alkanes of at least 4 members (excludes halogenated alkanes) is 1. The molecule has 1 fully saturated rings. The molecule has 3 N–H and O–H groups in total. The Labute approximate surface area is 157 Å². The maximum Gasteiger partial charge on any atom is 0.333 e. The predicted octanol–water partition coefficient (Wildman–Crippen LogP) is 1.27. The summed E-state index contributed by atoms with van der Waals surface area (Å²) in [6, 6.07) is 4.14. The molecular formula is C16H23N5O5S. The Balaban J connectivity index is 1.68. The van der Waals surface area contributed by atoms with Gasteiger partial charge in [-0.2, -0.15) is 9.29 Å². The van der Waals surface area contributed by atoms with Gasteiger partial charge in [-0.3, -0.25) is 0 Å². The number of sulfonamides is 1. The normalized spacial score (nSPS) is 15.6. The summed E-state index contributed by atoms with van der Waals surface area (Å²) < 4.78 is 37.5. The van der Waals surface area contributed by atoms with Gasteiger partial charge in [-0.1, -0.05) is 13.3 Å². The molecule has 0 unspecified atom stereocenters. The van der Waals surface area contributed by atoms with Gasteiger partial charge in [0, 0.05) is 19.6 Å². The highest BCUT2D eigenvalue weighted by atomic mass is 32.2. The van der Waals surface area contributed by atoms with Crippen LogP contribution in [0, 0.1) is 0 Å². The van der Waals surface area contributed by atoms with E-state index in [9.17, 15) is 13.2 Å². The largest absolute Gasteiger partial charge is 0.422 e. The van der Waals surface area contributed by atoms with Crippen molar-refractivity contribution in [1.82, 2.24) is 20.0 Å². The van der Waals surface area contributed by atoms with Crippen LogP contribution < -0.4 is 16.2 Å². The highest BCUT2D eigenvalue weighted by molar-refractivity contribution is 7.89. The Hall–Kier alpha value is -2.37. The zero-order chi connectivity index (χ0) is 19.3. The van der Waals surface area contributed by atoms with Crippen LogP contribution >= 0.6 is 0 Å². The number of oxazole rings is 1. The fourth-order valence-corrected chi connectivity index (χ4v) is 4.02. The molecule has 148 valence electrons. The molecule has 0 saturated carbocycles. The van der Waals surface area contributed by atoms with Gasteiger partial charge in [0.15, 0.2) is 5.58 Å². The molecule has 0 spiro atoms. The van der Waals surface area contributed by atoms with Gasteiger partial charge in [0.05, 0.1) is 18.1 Å². The number of morpholine rings is 1. The van der Waals surface area contributed by atoms with Crippen molar-refractivity contribution in [3.63, 3.8) is 0 Å². The smallest absolute Gasteiger partial charge is 0.333 e. The minimum absolute atomic E-state index is 0.0663. The number of urea groups is 1. The SMILES string of the molecule is CCCCNC(=O)NNc1nc2cc(S(=O)(=O)N3CCOCC3)ccc2o1. The molecule has 2 heterocycles. The molecule has 0 radical (unpaired) electrons. The number of aromatic nitrogens is 1. The summed E-state index contributed by atoms with van der Waals surface area (Å²) in [6.07, 6.45) is 1.87. The minimum atomic E-state index is -3.61. The molecule has 2 aromatic rings. The number of rotatable bonds is 7. The van der Waals surface area contributed by atoms with Crippen molar-refractivity contribution < 1.29 is 22.4 Å². The highest BCUT2D eigenvalue weighted by Gasteiger charge is 2.27. The fourth-order valence-electron chi connectivity index (χ4n) is 2.59. The van der Waals surface area contributed by atoms with Gasteiger partial charge in [0.2, 0.25) is 10.0 Å². The summed E-state index contributed by atoms with van der Waals surface area (Å²) in [5.74, 6) is 0. The van der Waals surface area contributed by atoms with Gasteiger partial charge >= 0.3 is 12.0 Å². The number of nitrogens with one attached hydrogen (secondary N) is 3. The lowest BCUT2D eigenvalue weighted by Crippen LogP contribution is -2.40. The number of nitrogens with zero attached hydrogens (tertiary/aromatic N) is 2. The molecule has 1 aromatic carbocycles. The monoisotopic (exact) mass is 397 g/mol. The first-order valence-electron chi connectivity index (χ1n) is 8.79. The fraction of sp³-hybridized carbons (Fsp3) is 0.500. The van der Waals surface area contributed by atoms with Crippen LogP contribution in [0.3, 0.4) is 0 Å². The Morgan fingerprint density at radius 3 is 2.81 bits per heavy atom. The number of ether oxygens (including phenoxy) is 1. The first-order chi connectivity index (χ1) is 13.0. The first kappa shape index (κ1) is 19.4. The van der Waals surface area contributed by atoms with Gasteiger partial charge < -0.3 is 14.5 Å². The predicted molar refractivity (Wildman–Crippen MR) is 98.7 cm³/mol. The Morgan fingerprint density at radius 1 is 1.30 bits per heavy atom. The van der Waals surface area contributed by atoms with Gasteiger partial charge in [-0.25, -0.2) is 24.1 Å². The quantitative estimate of drug-likeness (QED) is 0.474. The minimum Gasteiger partial charge on any atom is -0.422 e. The number of hydrogen-bond donors (Lipinski definition) is 3. The maximum atomic E-state index is 12.7. The van der Waals surface area contributed by atoms with Crippen molar-refractivity contribution in [1.29, 1.82) is 0 Å². The number of anilines is 1. The highest BCUT2D eigenvalue weighted by Crippen LogP contribution is 2.24. The van der Waals surface area contributed by atoms with Crippen LogP contribution in [0.5, 0.6) is 0 Å². The number of carbonyl (C=O) groups excluding carboxylic acids is 1. The molecule has 1 aromatic heterocycles. The van der Waals surface area contributed by atoms with Gasteiger partial charge in [-0.05, 0) is 24.6 Å². The second kappa shape index (κ2) is 8.55. The Kier molecular flexibility index (Phi) is 6.14. The molecule has 1 saturated heterocycles. The second-order valence-electron chi connectivity index (χ2n) is 6.02. The Morgan fingerprint density at radius 2 is 2.07 bits per heavy atom. The average Bonchev–Trinajstić information content (AvgIpc) is 3.09. The van der Waals surface area contributed by atoms with Gasteiger partial charge in [-0.15, -0.1) is 0 Å². The van der Waals surface area contributed by atoms with E-state index in [1.165, 1.54) is 16.4 Å². The van der Waals surface area contributed by atoms with E-state index < -0.39 is 16.1 Å². The van der Waals surface area contributed by atoms with E-state index in [1.807, 2.05) is 6.92 Å². The summed E-state index contributed by atoms with van der Waals surface area (Å²) >= 11 is 0. The van der Waals surface area contributed by atoms with E-state index in [4.69, 9.17) is 9.15 Å². The third-order valence-electron chi connectivity index (χ3n) is 4.07. The number of hydrogen-bond acceptors (Lipinski definition) is 7. The second-order valence-corrected chi connectivity index (χ2v) is 7.96. The summed E-state index contributed by atoms with van der Waals surface area (Å²) in [5, 5.41) is 2.68. The molecule has 0 aliphatic carbocycles. The molecule has 10 nitrogen and oxygen atoms in total. The summed E-state index contributed by atoms with van der Waals surface area (Å²) in [5.41, 5.74) is 5.77. The molecular weight excluding hydrogens is 374 g/mol. The molecule has 0 atom stereocenters. The van der Waals surface area contributed by atoms with Crippen LogP contribution in [0.4, 0.5) is 10.8 Å². The lowest BCUT2D eigenvalue weighted by Gasteiger charge is -2.25.